The van der Waals surface area contributed by atoms with Gasteiger partial charge in [0.15, 0.2) is 5.78 Å². The van der Waals surface area contributed by atoms with E-state index in [-0.39, 0.29) is 11.3 Å². The Morgan fingerprint density at radius 3 is 2.71 bits per heavy atom. The lowest BCUT2D eigenvalue weighted by Crippen LogP contribution is -2.54. The predicted octanol–water partition coefficient (Wildman–Crippen LogP) is 4.62. The van der Waals surface area contributed by atoms with Crippen LogP contribution in [0.25, 0.3) is 0 Å². The van der Waals surface area contributed by atoms with Crippen molar-refractivity contribution in [2.75, 3.05) is 14.1 Å². The molecule has 0 bridgehead atoms. The number of benzene rings is 1. The van der Waals surface area contributed by atoms with E-state index in [0.717, 1.165) is 24.8 Å². The van der Waals surface area contributed by atoms with Crippen LogP contribution >= 0.6 is 23.2 Å². The van der Waals surface area contributed by atoms with Gasteiger partial charge in [0.2, 0.25) is 0 Å². The molecule has 0 spiro atoms. The van der Waals surface area contributed by atoms with Crippen LogP contribution in [0.2, 0.25) is 10.0 Å². The number of carbonyl (C=O) groups is 1. The molecule has 2 rings (SSSR count). The molecule has 1 saturated carbocycles. The Kier molecular flexibility index (Phi) is 5.34. The third-order valence-electron chi connectivity index (χ3n) is 4.71. The van der Waals surface area contributed by atoms with E-state index in [0.29, 0.717) is 22.4 Å². The number of rotatable bonds is 4. The highest BCUT2D eigenvalue weighted by molar-refractivity contribution is 6.33. The summed E-state index contributed by atoms with van der Waals surface area (Å²) in [6.07, 6.45) is 4.53. The van der Waals surface area contributed by atoms with Gasteiger partial charge in [0.1, 0.15) is 0 Å². The lowest BCUT2D eigenvalue weighted by atomic mass is 9.72. The average Bonchev–Trinajstić information content (AvgIpc) is 2.42. The molecule has 0 aliphatic heterocycles. The maximum Gasteiger partial charge on any atom is 0.157 e. The van der Waals surface area contributed by atoms with Crippen molar-refractivity contribution in [1.29, 1.82) is 0 Å². The largest absolute Gasteiger partial charge is 0.297 e. The second-order valence-electron chi connectivity index (χ2n) is 6.46. The second-order valence-corrected chi connectivity index (χ2v) is 7.31. The molecule has 0 saturated heterocycles. The smallest absolute Gasteiger partial charge is 0.157 e. The summed E-state index contributed by atoms with van der Waals surface area (Å²) >= 11 is 12.2. The minimum absolute atomic E-state index is 0.253. The third kappa shape index (κ3) is 3.61. The zero-order chi connectivity index (χ0) is 15.6. The van der Waals surface area contributed by atoms with Crippen LogP contribution in [0, 0.1) is 5.92 Å². The monoisotopic (exact) mass is 327 g/mol. The van der Waals surface area contributed by atoms with E-state index in [9.17, 15) is 4.79 Å². The van der Waals surface area contributed by atoms with Crippen LogP contribution in [0.1, 0.15) is 38.2 Å². The van der Waals surface area contributed by atoms with Crippen LogP contribution in [0.4, 0.5) is 0 Å². The van der Waals surface area contributed by atoms with Crippen LogP contribution in [0.15, 0.2) is 18.2 Å². The zero-order valence-corrected chi connectivity index (χ0v) is 14.5. The molecule has 1 fully saturated rings. The van der Waals surface area contributed by atoms with E-state index in [1.165, 1.54) is 6.42 Å². The van der Waals surface area contributed by atoms with Crippen molar-refractivity contribution in [3.63, 3.8) is 0 Å². The summed E-state index contributed by atoms with van der Waals surface area (Å²) < 4.78 is 0. The minimum atomic E-state index is -0.358. The molecule has 1 aromatic rings. The van der Waals surface area contributed by atoms with E-state index in [2.05, 4.69) is 11.8 Å². The summed E-state index contributed by atoms with van der Waals surface area (Å²) in [5.41, 5.74) is 0.470. The van der Waals surface area contributed by atoms with Gasteiger partial charge >= 0.3 is 0 Å². The molecule has 1 aliphatic rings. The molecule has 0 radical (unpaired) electrons. The van der Waals surface area contributed by atoms with Gasteiger partial charge in [-0.2, -0.15) is 0 Å². The van der Waals surface area contributed by atoms with Gasteiger partial charge in [-0.1, -0.05) is 43.0 Å². The number of likely N-dealkylation sites (N-methyl/N-ethyl adjacent to an activating group) is 1. The lowest BCUT2D eigenvalue weighted by Gasteiger charge is -2.44. The number of Topliss-reactive ketones (excluding diaryl/α,β-unsaturated/α-hetero) is 1. The van der Waals surface area contributed by atoms with Crippen LogP contribution in [0.3, 0.4) is 0 Å². The van der Waals surface area contributed by atoms with Crippen molar-refractivity contribution in [3.8, 4) is 0 Å². The second kappa shape index (κ2) is 6.68. The summed E-state index contributed by atoms with van der Waals surface area (Å²) in [5, 5.41) is 1.24. The molecule has 2 atom stereocenters. The molecule has 0 heterocycles. The van der Waals surface area contributed by atoms with Crippen molar-refractivity contribution in [2.45, 2.75) is 44.6 Å². The number of hydrogen-bond acceptors (Lipinski definition) is 2. The van der Waals surface area contributed by atoms with Gasteiger partial charge in [0.25, 0.3) is 0 Å². The standard InChI is InChI=1S/C17H23Cl2NO/c1-12-5-4-8-17(11-12,20(2)3)16(21)10-13-9-14(18)6-7-15(13)19/h6-7,9,12H,4-5,8,10-11H2,1-3H3. The summed E-state index contributed by atoms with van der Waals surface area (Å²) in [6.45, 7) is 2.23. The fourth-order valence-corrected chi connectivity index (χ4v) is 3.83. The Morgan fingerprint density at radius 2 is 2.10 bits per heavy atom. The van der Waals surface area contributed by atoms with E-state index in [1.807, 2.05) is 14.1 Å². The molecule has 0 aromatic heterocycles. The maximum absolute atomic E-state index is 13.0. The van der Waals surface area contributed by atoms with Crippen molar-refractivity contribution in [2.24, 2.45) is 5.92 Å². The van der Waals surface area contributed by atoms with Gasteiger partial charge in [-0.3, -0.25) is 9.69 Å². The average molecular weight is 328 g/mol. The summed E-state index contributed by atoms with van der Waals surface area (Å²) in [4.78, 5) is 15.1. The lowest BCUT2D eigenvalue weighted by molar-refractivity contribution is -0.132. The van der Waals surface area contributed by atoms with Crippen molar-refractivity contribution < 1.29 is 4.79 Å². The van der Waals surface area contributed by atoms with E-state index in [1.54, 1.807) is 18.2 Å². The van der Waals surface area contributed by atoms with Crippen LogP contribution in [0.5, 0.6) is 0 Å². The van der Waals surface area contributed by atoms with Crippen molar-refractivity contribution >= 4 is 29.0 Å². The molecule has 2 unspecified atom stereocenters. The number of nitrogens with zero attached hydrogens (tertiary/aromatic N) is 1. The highest BCUT2D eigenvalue weighted by Crippen LogP contribution is 2.37. The molecule has 21 heavy (non-hydrogen) atoms. The quantitative estimate of drug-likeness (QED) is 0.804. The first-order chi connectivity index (χ1) is 9.85. The molecule has 4 heteroatoms. The first kappa shape index (κ1) is 16.8. The fourth-order valence-electron chi connectivity index (χ4n) is 3.45. The van der Waals surface area contributed by atoms with Crippen LogP contribution in [-0.4, -0.2) is 30.3 Å². The fraction of sp³-hybridized carbons (Fsp3) is 0.588. The normalized spacial score (nSPS) is 26.1. The number of halogens is 2. The molecular weight excluding hydrogens is 305 g/mol. The summed E-state index contributed by atoms with van der Waals surface area (Å²) in [5.74, 6) is 0.836. The van der Waals surface area contributed by atoms with Crippen molar-refractivity contribution in [3.05, 3.63) is 33.8 Å². The van der Waals surface area contributed by atoms with Gasteiger partial charge in [-0.25, -0.2) is 0 Å². The topological polar surface area (TPSA) is 20.3 Å². The van der Waals surface area contributed by atoms with Gasteiger partial charge in [-0.05, 0) is 56.6 Å². The zero-order valence-electron chi connectivity index (χ0n) is 13.0. The third-order valence-corrected chi connectivity index (χ3v) is 5.31. The Bertz CT molecular complexity index is 530. The van der Waals surface area contributed by atoms with Gasteiger partial charge in [0.05, 0.1) is 5.54 Å². The van der Waals surface area contributed by atoms with Gasteiger partial charge in [0, 0.05) is 16.5 Å². The molecule has 0 amide bonds. The first-order valence-corrected chi connectivity index (χ1v) is 8.25. The molecule has 116 valence electrons. The molecule has 1 aliphatic carbocycles. The Morgan fingerprint density at radius 1 is 1.38 bits per heavy atom. The van der Waals surface area contributed by atoms with Gasteiger partial charge < -0.3 is 0 Å². The molecule has 2 nitrogen and oxygen atoms in total. The van der Waals surface area contributed by atoms with Crippen molar-refractivity contribution in [1.82, 2.24) is 4.90 Å². The first-order valence-electron chi connectivity index (χ1n) is 7.50. The van der Waals surface area contributed by atoms with Crippen LogP contribution in [-0.2, 0) is 11.2 Å². The maximum atomic E-state index is 13.0. The molecule has 1 aromatic carbocycles. The van der Waals surface area contributed by atoms with Gasteiger partial charge in [-0.15, -0.1) is 0 Å². The Hall–Kier alpha value is -0.570. The Labute approximate surface area is 137 Å². The minimum Gasteiger partial charge on any atom is -0.297 e. The Balaban J connectivity index is 2.25. The van der Waals surface area contributed by atoms with E-state index in [4.69, 9.17) is 23.2 Å². The SMILES string of the molecule is CC1CCCC(C(=O)Cc2cc(Cl)ccc2Cl)(N(C)C)C1. The molecule has 0 N–H and O–H groups in total. The highest BCUT2D eigenvalue weighted by atomic mass is 35.5. The number of hydrogen-bond donors (Lipinski definition) is 0. The van der Waals surface area contributed by atoms with E-state index < -0.39 is 0 Å². The van der Waals surface area contributed by atoms with Crippen LogP contribution < -0.4 is 0 Å². The summed E-state index contributed by atoms with van der Waals surface area (Å²) in [6, 6.07) is 5.32. The number of ketones is 1. The predicted molar refractivity (Wildman–Crippen MR) is 89.2 cm³/mol. The number of carbonyl (C=O) groups excluding carboxylic acids is 1. The highest BCUT2D eigenvalue weighted by Gasteiger charge is 2.43. The van der Waals surface area contributed by atoms with E-state index >= 15 is 0 Å². The summed E-state index contributed by atoms with van der Waals surface area (Å²) in [7, 11) is 4.02. The molecular formula is C17H23Cl2NO.